The molecule has 0 saturated carbocycles. The molecule has 0 unspecified atom stereocenters. The summed E-state index contributed by atoms with van der Waals surface area (Å²) in [5, 5.41) is 3.10. The molecular formula is C45H68F4N4. The van der Waals surface area contributed by atoms with E-state index in [1.165, 1.54) is 61.2 Å². The summed E-state index contributed by atoms with van der Waals surface area (Å²) in [5.74, 6) is 0.421. The van der Waals surface area contributed by atoms with Crippen molar-refractivity contribution in [2.75, 3.05) is 13.6 Å². The number of hydrogen-bond acceptors (Lipinski definition) is 3. The smallest absolute Gasteiger partial charge is 0.387 e. The van der Waals surface area contributed by atoms with E-state index in [9.17, 15) is 17.6 Å². The van der Waals surface area contributed by atoms with Crippen LogP contribution in [-0.2, 0) is 12.7 Å². The fourth-order valence-corrected chi connectivity index (χ4v) is 4.31. The van der Waals surface area contributed by atoms with Crippen molar-refractivity contribution in [3.63, 3.8) is 0 Å². The Morgan fingerprint density at radius 3 is 1.91 bits per heavy atom. The third-order valence-corrected chi connectivity index (χ3v) is 6.69. The molecule has 0 bridgehead atoms. The second-order valence-electron chi connectivity index (χ2n) is 10.8. The standard InChI is InChI=1S/C17H16F3N.C10H14N2.C6H5F.C6H15N.3C2H6/c1-3-14-6-5-11-21(16(14)4-2)12-13-7-9-15(10-8-13)17(18,19)20;1-7-4-5-10(8(2)6-7)12-9(3)11;7-6-4-2-1-3-5-6;1-3-4-5-6-7-2;3*1-2/h3-11H,1,12H2,2H3;4-6H,1-3H3,(H2,11,12);1-5H;7H,3-6H2,1-2H3;3*1-2H3/b16-4-;;;;;;. The number of halogens is 4. The van der Waals surface area contributed by atoms with Crippen LogP contribution >= 0.6 is 0 Å². The molecule has 3 aromatic carbocycles. The normalized spacial score (nSPS) is 12.2. The molecule has 0 aliphatic carbocycles. The highest BCUT2D eigenvalue weighted by atomic mass is 19.4. The second-order valence-corrected chi connectivity index (χ2v) is 10.8. The molecular weight excluding hydrogens is 673 g/mol. The molecule has 3 aromatic rings. The van der Waals surface area contributed by atoms with Gasteiger partial charge in [0.25, 0.3) is 0 Å². The monoisotopic (exact) mass is 741 g/mol. The number of hydrogen-bond donors (Lipinski definition) is 2. The van der Waals surface area contributed by atoms with Crippen molar-refractivity contribution in [2.24, 2.45) is 10.7 Å². The first-order valence-electron chi connectivity index (χ1n) is 18.7. The van der Waals surface area contributed by atoms with E-state index >= 15 is 0 Å². The fraction of sp³-hybridized carbons (Fsp3) is 0.400. The minimum absolute atomic E-state index is 0.178. The average Bonchev–Trinajstić information content (AvgIpc) is 3.16. The molecule has 0 fully saturated rings. The summed E-state index contributed by atoms with van der Waals surface area (Å²) in [5.41, 5.74) is 11.0. The summed E-state index contributed by atoms with van der Waals surface area (Å²) in [7, 11) is 2.00. The van der Waals surface area contributed by atoms with Crippen molar-refractivity contribution in [1.29, 1.82) is 0 Å². The minimum atomic E-state index is -4.29. The highest BCUT2D eigenvalue weighted by Gasteiger charge is 2.30. The summed E-state index contributed by atoms with van der Waals surface area (Å²) in [4.78, 5) is 6.18. The number of nitrogens with one attached hydrogen (secondary N) is 1. The van der Waals surface area contributed by atoms with Crippen LogP contribution in [0.4, 0.5) is 23.2 Å². The lowest BCUT2D eigenvalue weighted by molar-refractivity contribution is -0.137. The third-order valence-electron chi connectivity index (χ3n) is 6.69. The van der Waals surface area contributed by atoms with Crippen LogP contribution in [-0.4, -0.2) is 24.3 Å². The Labute approximate surface area is 320 Å². The van der Waals surface area contributed by atoms with E-state index < -0.39 is 11.7 Å². The zero-order chi connectivity index (χ0) is 41.2. The van der Waals surface area contributed by atoms with Crippen molar-refractivity contribution in [3.8, 4) is 0 Å². The Kier molecular flexibility index (Phi) is 33.4. The Balaban J connectivity index is -0.000000661. The largest absolute Gasteiger partial charge is 0.416 e. The number of allylic oxidation sites excluding steroid dienone is 4. The molecule has 53 heavy (non-hydrogen) atoms. The zero-order valence-electron chi connectivity index (χ0n) is 34.5. The predicted octanol–water partition coefficient (Wildman–Crippen LogP) is 13.7. The van der Waals surface area contributed by atoms with E-state index in [1.54, 1.807) is 31.2 Å². The van der Waals surface area contributed by atoms with E-state index in [2.05, 4.69) is 36.8 Å². The summed E-state index contributed by atoms with van der Waals surface area (Å²) in [6.45, 7) is 27.5. The molecule has 0 radical (unpaired) electrons. The first kappa shape index (κ1) is 52.9. The predicted molar refractivity (Wildman–Crippen MR) is 225 cm³/mol. The number of aryl methyl sites for hydroxylation is 2. The van der Waals surface area contributed by atoms with Gasteiger partial charge < -0.3 is 16.0 Å². The highest BCUT2D eigenvalue weighted by Crippen LogP contribution is 2.30. The summed E-state index contributed by atoms with van der Waals surface area (Å²) in [6, 6.07) is 19.3. The topological polar surface area (TPSA) is 53.6 Å². The molecule has 0 atom stereocenters. The number of aliphatic imine (C=N–C) groups is 1. The van der Waals surface area contributed by atoms with Gasteiger partial charge in [-0.15, -0.1) is 0 Å². The van der Waals surface area contributed by atoms with Gasteiger partial charge in [-0.25, -0.2) is 9.38 Å². The van der Waals surface area contributed by atoms with Gasteiger partial charge in [-0.1, -0.05) is 134 Å². The van der Waals surface area contributed by atoms with Crippen molar-refractivity contribution in [3.05, 3.63) is 149 Å². The lowest BCUT2D eigenvalue weighted by atomic mass is 10.1. The minimum Gasteiger partial charge on any atom is -0.387 e. The van der Waals surface area contributed by atoms with E-state index in [-0.39, 0.29) is 5.82 Å². The molecule has 0 aromatic heterocycles. The summed E-state index contributed by atoms with van der Waals surface area (Å²) < 4.78 is 49.5. The van der Waals surface area contributed by atoms with Crippen molar-refractivity contribution >= 4 is 11.5 Å². The zero-order valence-corrected chi connectivity index (χ0v) is 34.5. The van der Waals surface area contributed by atoms with Crippen molar-refractivity contribution in [1.82, 2.24) is 10.2 Å². The Hall–Kier alpha value is -4.43. The number of nitrogens with zero attached hydrogens (tertiary/aromatic N) is 2. The summed E-state index contributed by atoms with van der Waals surface area (Å²) >= 11 is 0. The van der Waals surface area contributed by atoms with Crippen molar-refractivity contribution in [2.45, 2.75) is 108 Å². The van der Waals surface area contributed by atoms with Gasteiger partial charge in [0, 0.05) is 18.4 Å². The first-order chi connectivity index (χ1) is 25.4. The van der Waals surface area contributed by atoms with Crippen LogP contribution in [0.2, 0.25) is 0 Å². The lowest BCUT2D eigenvalue weighted by Gasteiger charge is -2.27. The Morgan fingerprint density at radius 2 is 1.49 bits per heavy atom. The average molecular weight is 741 g/mol. The number of alkyl halides is 3. The second kappa shape index (κ2) is 33.4. The van der Waals surface area contributed by atoms with Crippen LogP contribution in [0.3, 0.4) is 0 Å². The number of amidine groups is 1. The van der Waals surface area contributed by atoms with E-state index in [1.807, 2.05) is 104 Å². The molecule has 1 aliphatic heterocycles. The molecule has 0 saturated heterocycles. The van der Waals surface area contributed by atoms with Crippen LogP contribution in [0.1, 0.15) is 104 Å². The van der Waals surface area contributed by atoms with Gasteiger partial charge in [0.1, 0.15) is 5.82 Å². The lowest BCUT2D eigenvalue weighted by Crippen LogP contribution is -2.19. The SMILES string of the molecule is C=CC1=CC=CN(Cc2ccc(C(F)(F)F)cc2)/C1=C\C.CC.CC.CC.CC(N)=Nc1ccc(C)cc1C.CCCCCNC.Fc1ccccc1. The van der Waals surface area contributed by atoms with Gasteiger partial charge in [-0.3, -0.25) is 0 Å². The maximum Gasteiger partial charge on any atom is 0.416 e. The number of nitrogens with two attached hydrogens (primary N) is 1. The highest BCUT2D eigenvalue weighted by molar-refractivity contribution is 5.81. The molecule has 3 N–H and O–H groups in total. The maximum absolute atomic E-state index is 12.5. The molecule has 1 aliphatic rings. The van der Waals surface area contributed by atoms with Gasteiger partial charge in [0.05, 0.1) is 17.1 Å². The number of rotatable bonds is 8. The molecule has 296 valence electrons. The van der Waals surface area contributed by atoms with Gasteiger partial charge in [-0.05, 0) is 101 Å². The van der Waals surface area contributed by atoms with E-state index in [0.717, 1.165) is 34.7 Å². The number of benzene rings is 3. The molecule has 0 amide bonds. The van der Waals surface area contributed by atoms with E-state index in [0.29, 0.717) is 12.4 Å². The number of unbranched alkanes of at least 4 members (excludes halogenated alkanes) is 2. The molecule has 8 heteroatoms. The maximum atomic E-state index is 12.5. The first-order valence-corrected chi connectivity index (χ1v) is 18.7. The molecule has 1 heterocycles. The quantitative estimate of drug-likeness (QED) is 0.105. The van der Waals surface area contributed by atoms with Crippen LogP contribution in [0.25, 0.3) is 0 Å². The summed E-state index contributed by atoms with van der Waals surface area (Å²) in [6.07, 6.45) is 9.19. The van der Waals surface area contributed by atoms with Gasteiger partial charge in [0.15, 0.2) is 0 Å². The Bertz CT molecular complexity index is 1450. The molecule has 4 nitrogen and oxygen atoms in total. The third kappa shape index (κ3) is 25.2. The van der Waals surface area contributed by atoms with Crippen LogP contribution < -0.4 is 11.1 Å². The van der Waals surface area contributed by atoms with Gasteiger partial charge in [0.2, 0.25) is 0 Å². The van der Waals surface area contributed by atoms with Crippen LogP contribution in [0, 0.1) is 19.7 Å². The van der Waals surface area contributed by atoms with E-state index in [4.69, 9.17) is 5.73 Å². The van der Waals surface area contributed by atoms with Crippen molar-refractivity contribution < 1.29 is 17.6 Å². The van der Waals surface area contributed by atoms with Gasteiger partial charge >= 0.3 is 6.18 Å². The molecule has 0 spiro atoms. The van der Waals surface area contributed by atoms with Crippen LogP contribution in [0.15, 0.2) is 126 Å². The van der Waals surface area contributed by atoms with Crippen LogP contribution in [0.5, 0.6) is 0 Å². The Morgan fingerprint density at radius 1 is 0.906 bits per heavy atom. The molecule has 4 rings (SSSR count). The fourth-order valence-electron chi connectivity index (χ4n) is 4.31. The van der Waals surface area contributed by atoms with Gasteiger partial charge in [-0.2, -0.15) is 13.2 Å².